The van der Waals surface area contributed by atoms with Gasteiger partial charge in [-0.3, -0.25) is 4.79 Å². The van der Waals surface area contributed by atoms with Gasteiger partial charge in [-0.05, 0) is 48.5 Å². The highest BCUT2D eigenvalue weighted by molar-refractivity contribution is 5.97. The molecule has 154 valence electrons. The molecule has 2 aromatic heterocycles. The Morgan fingerprint density at radius 2 is 1.81 bits per heavy atom. The van der Waals surface area contributed by atoms with Gasteiger partial charge in [-0.1, -0.05) is 12.1 Å². The Morgan fingerprint density at radius 3 is 2.55 bits per heavy atom. The fourth-order valence-corrected chi connectivity index (χ4v) is 3.13. The second-order valence-corrected chi connectivity index (χ2v) is 6.61. The second-order valence-electron chi connectivity index (χ2n) is 6.61. The van der Waals surface area contributed by atoms with Gasteiger partial charge in [-0.25, -0.2) is 19.3 Å². The topological polar surface area (TPSA) is 74.2 Å². The maximum Gasteiger partial charge on any atom is 0.228 e. The molecule has 0 aliphatic carbocycles. The molecule has 0 saturated heterocycles. The highest BCUT2D eigenvalue weighted by atomic mass is 19.1. The van der Waals surface area contributed by atoms with Gasteiger partial charge < -0.3 is 9.47 Å². The molecule has 0 amide bonds. The normalized spacial score (nSPS) is 10.5. The molecule has 4 rings (SSSR count). The van der Waals surface area contributed by atoms with Crippen LogP contribution in [0.2, 0.25) is 0 Å². The average Bonchev–Trinajstić information content (AvgIpc) is 2.81. The summed E-state index contributed by atoms with van der Waals surface area (Å²) in [5.74, 6) is 0.350. The van der Waals surface area contributed by atoms with Crippen LogP contribution in [-0.4, -0.2) is 27.8 Å². The first-order valence-electron chi connectivity index (χ1n) is 9.49. The molecular weight excluding hydrogens is 397 g/mol. The third kappa shape index (κ3) is 4.56. The summed E-state index contributed by atoms with van der Waals surface area (Å²) in [4.78, 5) is 25.1. The molecule has 0 atom stereocenters. The third-order valence-corrected chi connectivity index (χ3v) is 4.62. The number of aromatic nitrogens is 3. The van der Waals surface area contributed by atoms with E-state index in [0.29, 0.717) is 28.5 Å². The molecule has 7 heteroatoms. The maximum absolute atomic E-state index is 13.9. The van der Waals surface area contributed by atoms with Crippen molar-refractivity contribution >= 4 is 5.78 Å². The summed E-state index contributed by atoms with van der Waals surface area (Å²) < 4.78 is 24.9. The van der Waals surface area contributed by atoms with Crippen LogP contribution in [0.5, 0.6) is 17.4 Å². The van der Waals surface area contributed by atoms with E-state index in [-0.39, 0.29) is 18.0 Å². The number of halogens is 1. The fourth-order valence-electron chi connectivity index (χ4n) is 3.13. The van der Waals surface area contributed by atoms with Crippen LogP contribution in [0.3, 0.4) is 0 Å². The van der Waals surface area contributed by atoms with Crippen molar-refractivity contribution < 1.29 is 18.7 Å². The molecule has 0 saturated carbocycles. The van der Waals surface area contributed by atoms with Gasteiger partial charge in [0.2, 0.25) is 5.88 Å². The maximum atomic E-state index is 13.9. The van der Waals surface area contributed by atoms with Crippen molar-refractivity contribution in [3.8, 4) is 28.6 Å². The molecule has 0 N–H and O–H groups in total. The Morgan fingerprint density at radius 1 is 0.968 bits per heavy atom. The predicted molar refractivity (Wildman–Crippen MR) is 113 cm³/mol. The summed E-state index contributed by atoms with van der Waals surface area (Å²) in [5, 5.41) is 0. The first kappa shape index (κ1) is 20.2. The molecule has 0 fully saturated rings. The van der Waals surface area contributed by atoms with E-state index in [9.17, 15) is 9.18 Å². The molecule has 31 heavy (non-hydrogen) atoms. The first-order chi connectivity index (χ1) is 15.2. The van der Waals surface area contributed by atoms with Gasteiger partial charge in [0.15, 0.2) is 17.3 Å². The standard InChI is InChI=1S/C24H18FN3O3/c1-30-23-17(4-2-6-20(23)25)14-22(29)16-7-9-18(10-8-16)31-24-19(5-3-12-27-24)21-11-13-26-15-28-21/h2-13,15H,14H2,1H3. The summed E-state index contributed by atoms with van der Waals surface area (Å²) >= 11 is 0. The molecule has 0 aliphatic rings. The number of para-hydroxylation sites is 1. The van der Waals surface area contributed by atoms with Crippen LogP contribution in [0, 0.1) is 5.82 Å². The van der Waals surface area contributed by atoms with E-state index in [0.717, 1.165) is 5.56 Å². The lowest BCUT2D eigenvalue weighted by Crippen LogP contribution is -2.06. The van der Waals surface area contributed by atoms with Crippen molar-refractivity contribution in [3.05, 3.63) is 96.3 Å². The van der Waals surface area contributed by atoms with Crippen molar-refractivity contribution in [2.24, 2.45) is 0 Å². The van der Waals surface area contributed by atoms with Crippen LogP contribution in [0.4, 0.5) is 4.39 Å². The number of hydrogen-bond acceptors (Lipinski definition) is 6. The van der Waals surface area contributed by atoms with E-state index in [1.165, 1.54) is 19.5 Å². The number of ketones is 1. The second kappa shape index (κ2) is 9.13. The Bertz CT molecular complexity index is 1200. The van der Waals surface area contributed by atoms with E-state index in [4.69, 9.17) is 9.47 Å². The number of Topliss-reactive ketones (excluding diaryl/α,β-unsaturated/α-hetero) is 1. The highest BCUT2D eigenvalue weighted by Crippen LogP contribution is 2.30. The number of pyridine rings is 1. The molecule has 0 bridgehead atoms. The zero-order chi connectivity index (χ0) is 21.6. The van der Waals surface area contributed by atoms with E-state index < -0.39 is 5.82 Å². The van der Waals surface area contributed by atoms with Crippen LogP contribution >= 0.6 is 0 Å². The molecule has 4 aromatic rings. The van der Waals surface area contributed by atoms with Gasteiger partial charge in [0, 0.05) is 29.9 Å². The van der Waals surface area contributed by atoms with Crippen molar-refractivity contribution in [1.29, 1.82) is 0 Å². The number of benzene rings is 2. The van der Waals surface area contributed by atoms with Gasteiger partial charge in [-0.15, -0.1) is 0 Å². The van der Waals surface area contributed by atoms with Gasteiger partial charge in [0.1, 0.15) is 12.1 Å². The van der Waals surface area contributed by atoms with E-state index in [2.05, 4.69) is 15.0 Å². The van der Waals surface area contributed by atoms with Crippen molar-refractivity contribution in [3.63, 3.8) is 0 Å². The number of ether oxygens (including phenoxy) is 2. The van der Waals surface area contributed by atoms with Crippen LogP contribution in [0.25, 0.3) is 11.3 Å². The van der Waals surface area contributed by atoms with Gasteiger partial charge in [0.05, 0.1) is 18.4 Å². The SMILES string of the molecule is COc1c(F)cccc1CC(=O)c1ccc(Oc2ncccc2-c2ccncn2)cc1. The largest absolute Gasteiger partial charge is 0.493 e. The van der Waals surface area contributed by atoms with Crippen molar-refractivity contribution in [2.45, 2.75) is 6.42 Å². The number of carbonyl (C=O) groups excluding carboxylic acids is 1. The van der Waals surface area contributed by atoms with E-state index in [1.54, 1.807) is 60.9 Å². The molecule has 0 unspecified atom stereocenters. The summed E-state index contributed by atoms with van der Waals surface area (Å²) in [7, 11) is 1.38. The molecule has 0 aliphatic heterocycles. The fraction of sp³-hybridized carbons (Fsp3) is 0.0833. The number of rotatable bonds is 7. The zero-order valence-corrected chi connectivity index (χ0v) is 16.7. The summed E-state index contributed by atoms with van der Waals surface area (Å²) in [6.45, 7) is 0. The Hall–Kier alpha value is -4.13. The van der Waals surface area contributed by atoms with Gasteiger partial charge in [-0.2, -0.15) is 0 Å². The molecule has 0 radical (unpaired) electrons. The Balaban J connectivity index is 1.51. The third-order valence-electron chi connectivity index (χ3n) is 4.62. The molecule has 2 heterocycles. The monoisotopic (exact) mass is 415 g/mol. The Labute approximate surface area is 178 Å². The van der Waals surface area contributed by atoms with E-state index >= 15 is 0 Å². The zero-order valence-electron chi connectivity index (χ0n) is 16.7. The minimum absolute atomic E-state index is 0.0270. The van der Waals surface area contributed by atoms with E-state index in [1.807, 2.05) is 6.07 Å². The van der Waals surface area contributed by atoms with Crippen LogP contribution in [-0.2, 0) is 6.42 Å². The molecule has 6 nitrogen and oxygen atoms in total. The predicted octanol–water partition coefficient (Wildman–Crippen LogP) is 4.90. The number of hydrogen-bond donors (Lipinski definition) is 0. The van der Waals surface area contributed by atoms with Gasteiger partial charge >= 0.3 is 0 Å². The number of nitrogens with zero attached hydrogens (tertiary/aromatic N) is 3. The minimum atomic E-state index is -0.494. The quantitative estimate of drug-likeness (QED) is 0.400. The smallest absolute Gasteiger partial charge is 0.228 e. The minimum Gasteiger partial charge on any atom is -0.493 e. The average molecular weight is 415 g/mol. The lowest BCUT2D eigenvalue weighted by atomic mass is 10.0. The molecule has 0 spiro atoms. The van der Waals surface area contributed by atoms with Crippen LogP contribution < -0.4 is 9.47 Å². The molecule has 2 aromatic carbocycles. The van der Waals surface area contributed by atoms with Gasteiger partial charge in [0.25, 0.3) is 0 Å². The summed E-state index contributed by atoms with van der Waals surface area (Å²) in [6, 6.07) is 16.7. The highest BCUT2D eigenvalue weighted by Gasteiger charge is 2.15. The lowest BCUT2D eigenvalue weighted by Gasteiger charge is -2.10. The number of carbonyl (C=O) groups is 1. The first-order valence-corrected chi connectivity index (χ1v) is 9.49. The summed E-state index contributed by atoms with van der Waals surface area (Å²) in [6.07, 6.45) is 4.76. The Kier molecular flexibility index (Phi) is 5.93. The van der Waals surface area contributed by atoms with Crippen molar-refractivity contribution in [1.82, 2.24) is 15.0 Å². The lowest BCUT2D eigenvalue weighted by molar-refractivity contribution is 0.0992. The summed E-state index contributed by atoms with van der Waals surface area (Å²) in [5.41, 5.74) is 2.39. The van der Waals surface area contributed by atoms with Crippen LogP contribution in [0.1, 0.15) is 15.9 Å². The van der Waals surface area contributed by atoms with Crippen molar-refractivity contribution in [2.75, 3.05) is 7.11 Å². The number of methoxy groups -OCH3 is 1. The molecular formula is C24H18FN3O3. The van der Waals surface area contributed by atoms with Crippen LogP contribution in [0.15, 0.2) is 79.4 Å².